The van der Waals surface area contributed by atoms with Gasteiger partial charge in [0.15, 0.2) is 14.8 Å². The van der Waals surface area contributed by atoms with Crippen molar-refractivity contribution in [2.24, 2.45) is 5.41 Å². The molecule has 0 bridgehead atoms. The van der Waals surface area contributed by atoms with Crippen LogP contribution in [0, 0.1) is 5.41 Å². The van der Waals surface area contributed by atoms with Crippen LogP contribution in [0.2, 0.25) is 5.02 Å². The number of hydrogen-bond acceptors (Lipinski definition) is 6. The van der Waals surface area contributed by atoms with Gasteiger partial charge in [-0.15, -0.1) is 10.2 Å². The highest BCUT2D eigenvalue weighted by Gasteiger charge is 2.42. The molecule has 1 fully saturated rings. The number of fused-ring (bicyclic) bond motifs is 1. The molecular weight excluding hydrogens is 406 g/mol. The van der Waals surface area contributed by atoms with E-state index in [4.69, 9.17) is 11.6 Å². The Morgan fingerprint density at radius 3 is 2.69 bits per heavy atom. The van der Waals surface area contributed by atoms with Crippen molar-refractivity contribution in [3.8, 4) is 5.13 Å². The van der Waals surface area contributed by atoms with Crippen molar-refractivity contribution < 1.29 is 17.2 Å². The standard InChI is InChI=1S/C15H13ClF2N4O2S2/c1-15(2-3-15)7-26(23,24)8-4-10(16)9-6-19-22(11(9)5-8)14-21-20-13(25-14)12(17)18/h4-6,12H,2-3,7H2,1H3. The molecule has 0 aliphatic heterocycles. The van der Waals surface area contributed by atoms with Crippen LogP contribution in [-0.2, 0) is 9.84 Å². The van der Waals surface area contributed by atoms with E-state index in [9.17, 15) is 17.2 Å². The summed E-state index contributed by atoms with van der Waals surface area (Å²) in [4.78, 5) is 0.0865. The Hall–Kier alpha value is -1.65. The van der Waals surface area contributed by atoms with Crippen LogP contribution in [0.5, 0.6) is 0 Å². The molecule has 1 saturated carbocycles. The molecule has 2 aromatic heterocycles. The smallest absolute Gasteiger partial charge is 0.224 e. The van der Waals surface area contributed by atoms with Gasteiger partial charge in [-0.1, -0.05) is 29.9 Å². The molecule has 0 amide bonds. The quantitative estimate of drug-likeness (QED) is 0.624. The zero-order valence-corrected chi connectivity index (χ0v) is 15.9. The second kappa shape index (κ2) is 5.93. The fraction of sp³-hybridized carbons (Fsp3) is 0.400. The summed E-state index contributed by atoms with van der Waals surface area (Å²) in [6, 6.07) is 2.86. The van der Waals surface area contributed by atoms with E-state index in [1.807, 2.05) is 6.92 Å². The average molecular weight is 419 g/mol. The molecule has 2 heterocycles. The third-order valence-electron chi connectivity index (χ3n) is 4.41. The van der Waals surface area contributed by atoms with E-state index in [0.717, 1.165) is 12.8 Å². The molecule has 1 aliphatic rings. The van der Waals surface area contributed by atoms with Crippen LogP contribution >= 0.6 is 22.9 Å². The van der Waals surface area contributed by atoms with Gasteiger partial charge >= 0.3 is 0 Å². The first-order chi connectivity index (χ1) is 12.2. The van der Waals surface area contributed by atoms with Gasteiger partial charge in [-0.2, -0.15) is 5.10 Å². The summed E-state index contributed by atoms with van der Waals surface area (Å²) < 4.78 is 52.3. The van der Waals surface area contributed by atoms with Gasteiger partial charge in [0.1, 0.15) is 0 Å². The van der Waals surface area contributed by atoms with Crippen molar-refractivity contribution in [2.75, 3.05) is 5.75 Å². The summed E-state index contributed by atoms with van der Waals surface area (Å²) in [7, 11) is -3.53. The molecule has 0 N–H and O–H groups in total. The molecule has 138 valence electrons. The molecular formula is C15H13ClF2N4O2S2. The highest BCUT2D eigenvalue weighted by atomic mass is 35.5. The predicted octanol–water partition coefficient (Wildman–Crippen LogP) is 4.04. The van der Waals surface area contributed by atoms with E-state index in [-0.39, 0.29) is 26.2 Å². The molecule has 6 nitrogen and oxygen atoms in total. The van der Waals surface area contributed by atoms with Crippen molar-refractivity contribution in [1.29, 1.82) is 0 Å². The third-order valence-corrected chi connectivity index (χ3v) is 7.66. The Kier molecular flexibility index (Phi) is 4.05. The first-order valence-corrected chi connectivity index (χ1v) is 10.6. The number of hydrogen-bond donors (Lipinski definition) is 0. The number of nitrogens with zero attached hydrogens (tertiary/aromatic N) is 4. The van der Waals surface area contributed by atoms with E-state index < -0.39 is 21.3 Å². The Bertz CT molecular complexity index is 1110. The largest absolute Gasteiger partial charge is 0.291 e. The second-order valence-electron chi connectivity index (χ2n) is 6.69. The van der Waals surface area contributed by atoms with Gasteiger partial charge in [0, 0.05) is 5.39 Å². The number of sulfone groups is 1. The van der Waals surface area contributed by atoms with Crippen LogP contribution in [0.4, 0.5) is 8.78 Å². The molecule has 0 radical (unpaired) electrons. The fourth-order valence-electron chi connectivity index (χ4n) is 2.69. The molecule has 1 aromatic carbocycles. The molecule has 0 spiro atoms. The van der Waals surface area contributed by atoms with E-state index >= 15 is 0 Å². The zero-order valence-electron chi connectivity index (χ0n) is 13.5. The van der Waals surface area contributed by atoms with Gasteiger partial charge in [0.05, 0.1) is 27.4 Å². The summed E-state index contributed by atoms with van der Waals surface area (Å²) in [5, 5.41) is 11.7. The van der Waals surface area contributed by atoms with E-state index in [0.29, 0.717) is 22.2 Å². The lowest BCUT2D eigenvalue weighted by molar-refractivity contribution is 0.150. The van der Waals surface area contributed by atoms with E-state index in [1.54, 1.807) is 0 Å². The number of halogens is 3. The molecule has 0 atom stereocenters. The minimum atomic E-state index is -3.53. The van der Waals surface area contributed by atoms with Crippen LogP contribution in [-0.4, -0.2) is 34.1 Å². The SMILES string of the molecule is CC1(CS(=O)(=O)c2cc(Cl)c3cnn(-c4nnc(C(F)F)s4)c3c2)CC1. The maximum absolute atomic E-state index is 12.8. The maximum atomic E-state index is 12.8. The number of aromatic nitrogens is 4. The maximum Gasteiger partial charge on any atom is 0.291 e. The first-order valence-electron chi connectivity index (χ1n) is 7.71. The zero-order chi connectivity index (χ0) is 18.7. The predicted molar refractivity (Wildman–Crippen MR) is 93.9 cm³/mol. The van der Waals surface area contributed by atoms with Crippen LogP contribution in [0.1, 0.15) is 31.2 Å². The lowest BCUT2D eigenvalue weighted by Gasteiger charge is -2.10. The van der Waals surface area contributed by atoms with Crippen molar-refractivity contribution in [3.05, 3.63) is 28.4 Å². The van der Waals surface area contributed by atoms with Crippen molar-refractivity contribution >= 4 is 43.7 Å². The summed E-state index contributed by atoms with van der Waals surface area (Å²) in [6.45, 7) is 1.93. The molecule has 3 aromatic rings. The minimum absolute atomic E-state index is 0.0459. The summed E-state index contributed by atoms with van der Waals surface area (Å²) in [5.41, 5.74) is 0.195. The Morgan fingerprint density at radius 1 is 1.35 bits per heavy atom. The van der Waals surface area contributed by atoms with Crippen LogP contribution in [0.15, 0.2) is 23.2 Å². The van der Waals surface area contributed by atoms with Gasteiger partial charge in [-0.05, 0) is 30.4 Å². The monoisotopic (exact) mass is 418 g/mol. The molecule has 4 rings (SSSR count). The highest BCUT2D eigenvalue weighted by molar-refractivity contribution is 7.91. The normalized spacial score (nSPS) is 16.5. The number of benzene rings is 1. The number of alkyl halides is 2. The Morgan fingerprint density at radius 2 is 2.08 bits per heavy atom. The third kappa shape index (κ3) is 3.10. The lowest BCUT2D eigenvalue weighted by atomic mass is 10.2. The Labute approximate surface area is 156 Å². The molecule has 1 aliphatic carbocycles. The Balaban J connectivity index is 1.82. The van der Waals surface area contributed by atoms with Crippen LogP contribution < -0.4 is 0 Å². The van der Waals surface area contributed by atoms with E-state index in [2.05, 4.69) is 15.3 Å². The molecule has 26 heavy (non-hydrogen) atoms. The molecule has 0 saturated heterocycles. The highest BCUT2D eigenvalue weighted by Crippen LogP contribution is 2.47. The van der Waals surface area contributed by atoms with Gasteiger partial charge in [0.2, 0.25) is 5.13 Å². The summed E-state index contributed by atoms with van der Waals surface area (Å²) in [6.07, 6.45) is 0.462. The molecule has 0 unspecified atom stereocenters. The van der Waals surface area contributed by atoms with Gasteiger partial charge in [-0.3, -0.25) is 0 Å². The van der Waals surface area contributed by atoms with Crippen LogP contribution in [0.3, 0.4) is 0 Å². The van der Waals surface area contributed by atoms with Gasteiger partial charge in [0.25, 0.3) is 6.43 Å². The van der Waals surface area contributed by atoms with Crippen molar-refractivity contribution in [3.63, 3.8) is 0 Å². The number of rotatable bonds is 5. The lowest BCUT2D eigenvalue weighted by Crippen LogP contribution is -2.15. The first kappa shape index (κ1) is 17.7. The summed E-state index contributed by atoms with van der Waals surface area (Å²) in [5.74, 6) is 0.0459. The van der Waals surface area contributed by atoms with Crippen LogP contribution in [0.25, 0.3) is 16.0 Å². The fourth-order valence-corrected chi connectivity index (χ4v) is 5.65. The average Bonchev–Trinajstić information content (AvgIpc) is 3.00. The van der Waals surface area contributed by atoms with Crippen molar-refractivity contribution in [2.45, 2.75) is 31.1 Å². The topological polar surface area (TPSA) is 77.7 Å². The minimum Gasteiger partial charge on any atom is -0.224 e. The second-order valence-corrected chi connectivity index (χ2v) is 10.1. The summed E-state index contributed by atoms with van der Waals surface area (Å²) >= 11 is 6.93. The van der Waals surface area contributed by atoms with E-state index in [1.165, 1.54) is 23.0 Å². The van der Waals surface area contributed by atoms with Crippen molar-refractivity contribution in [1.82, 2.24) is 20.0 Å². The molecule has 11 heteroatoms. The van der Waals surface area contributed by atoms with Gasteiger partial charge < -0.3 is 0 Å². The van der Waals surface area contributed by atoms with Gasteiger partial charge in [-0.25, -0.2) is 21.9 Å².